The number of carbonyl (C=O) groups is 1. The van der Waals surface area contributed by atoms with Crippen LogP contribution in [0.5, 0.6) is 0 Å². The molecule has 0 fully saturated rings. The third-order valence-electron chi connectivity index (χ3n) is 4.42. The highest BCUT2D eigenvalue weighted by atomic mass is 35.5. The first-order valence-electron chi connectivity index (χ1n) is 8.78. The summed E-state index contributed by atoms with van der Waals surface area (Å²) in [7, 11) is 0. The van der Waals surface area contributed by atoms with E-state index in [1.54, 1.807) is 31.2 Å². The van der Waals surface area contributed by atoms with Crippen LogP contribution in [0.3, 0.4) is 0 Å². The Morgan fingerprint density at radius 2 is 2.07 bits per heavy atom. The molecule has 1 N–H and O–H groups in total. The lowest BCUT2D eigenvalue weighted by Crippen LogP contribution is -2.20. The van der Waals surface area contributed by atoms with Gasteiger partial charge in [-0.1, -0.05) is 23.2 Å². The standard InChI is InChI=1S/C20H14Cl2F2N4O2/c1-10-18-12(19(23)24)8-15(16-3-2-6-30-16)26-20(18)28(27-10)9-17(29)25-14-5-4-11(21)7-13(14)22/h2-8,19H,9H2,1H3,(H,25,29). The van der Waals surface area contributed by atoms with Crippen LogP contribution in [0, 0.1) is 6.92 Å². The molecule has 1 aromatic carbocycles. The van der Waals surface area contributed by atoms with Gasteiger partial charge in [-0.2, -0.15) is 5.10 Å². The fourth-order valence-electron chi connectivity index (χ4n) is 3.14. The van der Waals surface area contributed by atoms with Crippen LogP contribution >= 0.6 is 23.2 Å². The van der Waals surface area contributed by atoms with Gasteiger partial charge in [-0.3, -0.25) is 4.79 Å². The number of pyridine rings is 1. The molecule has 30 heavy (non-hydrogen) atoms. The maximum atomic E-state index is 13.7. The van der Waals surface area contributed by atoms with Crippen molar-refractivity contribution in [1.29, 1.82) is 0 Å². The molecule has 0 aliphatic heterocycles. The lowest BCUT2D eigenvalue weighted by atomic mass is 10.1. The summed E-state index contributed by atoms with van der Waals surface area (Å²) in [6.45, 7) is 1.34. The zero-order valence-corrected chi connectivity index (χ0v) is 17.0. The number of nitrogens with one attached hydrogen (secondary N) is 1. The number of hydrogen-bond donors (Lipinski definition) is 1. The van der Waals surface area contributed by atoms with Gasteiger partial charge in [0.2, 0.25) is 5.91 Å². The van der Waals surface area contributed by atoms with Crippen molar-refractivity contribution in [3.63, 3.8) is 0 Å². The van der Waals surface area contributed by atoms with Crippen molar-refractivity contribution in [1.82, 2.24) is 14.8 Å². The molecule has 3 aromatic heterocycles. The monoisotopic (exact) mass is 450 g/mol. The Morgan fingerprint density at radius 3 is 2.73 bits per heavy atom. The molecule has 1 amide bonds. The Balaban J connectivity index is 1.72. The molecule has 0 saturated heterocycles. The molecule has 0 radical (unpaired) electrons. The number of hydrogen-bond acceptors (Lipinski definition) is 4. The lowest BCUT2D eigenvalue weighted by molar-refractivity contribution is -0.116. The molecule has 0 aliphatic carbocycles. The van der Waals surface area contributed by atoms with Gasteiger partial charge in [0.05, 0.1) is 28.1 Å². The quantitative estimate of drug-likeness (QED) is 0.411. The molecule has 4 rings (SSSR count). The Morgan fingerprint density at radius 1 is 1.27 bits per heavy atom. The highest BCUT2D eigenvalue weighted by molar-refractivity contribution is 6.36. The molecule has 0 spiro atoms. The van der Waals surface area contributed by atoms with E-state index in [1.807, 2.05) is 0 Å². The van der Waals surface area contributed by atoms with E-state index in [1.165, 1.54) is 23.1 Å². The second kappa shape index (κ2) is 8.04. The second-order valence-electron chi connectivity index (χ2n) is 6.49. The summed E-state index contributed by atoms with van der Waals surface area (Å²) in [5.74, 6) is -0.117. The van der Waals surface area contributed by atoms with E-state index in [9.17, 15) is 13.6 Å². The Kier molecular flexibility index (Phi) is 5.44. The van der Waals surface area contributed by atoms with Crippen molar-refractivity contribution in [2.45, 2.75) is 19.9 Å². The average Bonchev–Trinajstić information content (AvgIpc) is 3.32. The predicted molar refractivity (Wildman–Crippen MR) is 110 cm³/mol. The maximum Gasteiger partial charge on any atom is 0.264 e. The number of alkyl halides is 2. The number of benzene rings is 1. The molecule has 0 bridgehead atoms. The maximum absolute atomic E-state index is 13.7. The van der Waals surface area contributed by atoms with Crippen LogP contribution in [0.2, 0.25) is 10.0 Å². The first-order chi connectivity index (χ1) is 14.3. The van der Waals surface area contributed by atoms with Crippen LogP contribution < -0.4 is 5.32 Å². The van der Waals surface area contributed by atoms with Gasteiger partial charge in [-0.25, -0.2) is 18.4 Å². The van der Waals surface area contributed by atoms with Crippen LogP contribution in [0.1, 0.15) is 17.7 Å². The normalized spacial score (nSPS) is 11.4. The number of rotatable bonds is 5. The van der Waals surface area contributed by atoms with Gasteiger partial charge < -0.3 is 9.73 Å². The molecule has 0 aliphatic rings. The molecular formula is C20H14Cl2F2N4O2. The summed E-state index contributed by atoms with van der Waals surface area (Å²) in [6.07, 6.45) is -1.32. The number of anilines is 1. The summed E-state index contributed by atoms with van der Waals surface area (Å²) in [5, 5.41) is 7.81. The molecule has 6 nitrogen and oxygen atoms in total. The molecule has 3 heterocycles. The topological polar surface area (TPSA) is 73.0 Å². The third-order valence-corrected chi connectivity index (χ3v) is 4.96. The number of furan rings is 1. The van der Waals surface area contributed by atoms with Crippen LogP contribution in [0.4, 0.5) is 14.5 Å². The summed E-state index contributed by atoms with van der Waals surface area (Å²) in [5.41, 5.74) is 0.878. The van der Waals surface area contributed by atoms with Gasteiger partial charge in [0.1, 0.15) is 12.2 Å². The van der Waals surface area contributed by atoms with E-state index in [0.29, 0.717) is 22.2 Å². The van der Waals surface area contributed by atoms with Gasteiger partial charge >= 0.3 is 0 Å². The molecule has 4 aromatic rings. The highest BCUT2D eigenvalue weighted by Crippen LogP contribution is 2.33. The minimum atomic E-state index is -2.75. The number of amides is 1. The van der Waals surface area contributed by atoms with E-state index in [2.05, 4.69) is 15.4 Å². The molecule has 0 atom stereocenters. The van der Waals surface area contributed by atoms with Gasteiger partial charge in [0.15, 0.2) is 11.4 Å². The fourth-order valence-corrected chi connectivity index (χ4v) is 3.59. The number of carbonyl (C=O) groups excluding carboxylic acids is 1. The van der Waals surface area contributed by atoms with Gasteiger partial charge in [-0.15, -0.1) is 0 Å². The molecular weight excluding hydrogens is 437 g/mol. The molecule has 0 saturated carbocycles. The third kappa shape index (κ3) is 3.88. The van der Waals surface area contributed by atoms with Crippen molar-refractivity contribution in [3.8, 4) is 11.5 Å². The van der Waals surface area contributed by atoms with Gasteiger partial charge in [0.25, 0.3) is 6.43 Å². The van der Waals surface area contributed by atoms with Crippen molar-refractivity contribution >= 4 is 45.8 Å². The first kappa shape index (κ1) is 20.3. The van der Waals surface area contributed by atoms with Crippen molar-refractivity contribution in [2.24, 2.45) is 0 Å². The van der Waals surface area contributed by atoms with Gasteiger partial charge in [-0.05, 0) is 43.3 Å². The minimum absolute atomic E-state index is 0.161. The van der Waals surface area contributed by atoms with Crippen molar-refractivity contribution in [2.75, 3.05) is 5.32 Å². The Bertz CT molecular complexity index is 1240. The number of fused-ring (bicyclic) bond motifs is 1. The van der Waals surface area contributed by atoms with Crippen molar-refractivity contribution in [3.05, 3.63) is 64.0 Å². The second-order valence-corrected chi connectivity index (χ2v) is 7.33. The fraction of sp³-hybridized carbons (Fsp3) is 0.150. The number of nitrogens with zero attached hydrogens (tertiary/aromatic N) is 3. The lowest BCUT2D eigenvalue weighted by Gasteiger charge is -2.09. The highest BCUT2D eigenvalue weighted by Gasteiger charge is 2.22. The molecule has 154 valence electrons. The van der Waals surface area contributed by atoms with E-state index >= 15 is 0 Å². The summed E-state index contributed by atoms with van der Waals surface area (Å²) >= 11 is 11.9. The zero-order chi connectivity index (χ0) is 21.4. The first-order valence-corrected chi connectivity index (χ1v) is 9.54. The Labute approximate surface area is 179 Å². The van der Waals surface area contributed by atoms with Crippen LogP contribution in [0.25, 0.3) is 22.5 Å². The zero-order valence-electron chi connectivity index (χ0n) is 15.5. The smallest absolute Gasteiger partial charge is 0.264 e. The van der Waals surface area contributed by atoms with Crippen molar-refractivity contribution < 1.29 is 18.0 Å². The average molecular weight is 451 g/mol. The van der Waals surface area contributed by atoms with E-state index in [-0.39, 0.29) is 33.9 Å². The largest absolute Gasteiger partial charge is 0.463 e. The SMILES string of the molecule is Cc1nn(CC(=O)Nc2ccc(Cl)cc2Cl)c2nc(-c3ccco3)cc(C(F)F)c12. The van der Waals surface area contributed by atoms with Gasteiger partial charge in [0, 0.05) is 10.6 Å². The minimum Gasteiger partial charge on any atom is -0.463 e. The van der Waals surface area contributed by atoms with E-state index < -0.39 is 12.3 Å². The van der Waals surface area contributed by atoms with Crippen LogP contribution in [0.15, 0.2) is 47.1 Å². The number of aromatic nitrogens is 3. The summed E-state index contributed by atoms with van der Waals surface area (Å²) < 4.78 is 34.0. The van der Waals surface area contributed by atoms with E-state index in [0.717, 1.165) is 0 Å². The van der Waals surface area contributed by atoms with Crippen LogP contribution in [-0.2, 0) is 11.3 Å². The Hall–Kier alpha value is -2.97. The number of aryl methyl sites for hydroxylation is 1. The number of halogens is 4. The summed E-state index contributed by atoms with van der Waals surface area (Å²) in [4.78, 5) is 17.0. The van der Waals surface area contributed by atoms with Crippen LogP contribution in [-0.4, -0.2) is 20.7 Å². The molecule has 0 unspecified atom stereocenters. The predicted octanol–water partition coefficient (Wildman–Crippen LogP) is 5.88. The summed E-state index contributed by atoms with van der Waals surface area (Å²) in [6, 6.07) is 9.18. The molecule has 10 heteroatoms. The van der Waals surface area contributed by atoms with E-state index in [4.69, 9.17) is 27.6 Å².